The Morgan fingerprint density at radius 2 is 1.79 bits per heavy atom. The van der Waals surface area contributed by atoms with E-state index in [1.54, 1.807) is 18.2 Å². The smallest absolute Gasteiger partial charge is 0.345 e. The number of hydrogen-bond acceptors (Lipinski definition) is 4. The summed E-state index contributed by atoms with van der Waals surface area (Å²) in [6.07, 6.45) is 0. The number of aryl methyl sites for hydroxylation is 1. The Balaban J connectivity index is 2.19. The Morgan fingerprint density at radius 1 is 1.08 bits per heavy atom. The predicted molar refractivity (Wildman–Crippen MR) is 92.1 cm³/mol. The Labute approximate surface area is 141 Å². The molecule has 0 aliphatic carbocycles. The first-order valence-electron chi connectivity index (χ1n) is 7.18. The number of fused-ring (bicyclic) bond motifs is 1. The fraction of sp³-hybridized carbons (Fsp3) is 0.111. The molecule has 1 heterocycles. The molecule has 0 atom stereocenters. The molecule has 3 rings (SSSR count). The van der Waals surface area contributed by atoms with Gasteiger partial charge in [0.05, 0.1) is 0 Å². The van der Waals surface area contributed by atoms with Crippen LogP contribution in [-0.4, -0.2) is 28.8 Å². The lowest BCUT2D eigenvalue weighted by molar-refractivity contribution is -0.139. The Hall–Kier alpha value is -2.86. The quantitative estimate of drug-likeness (QED) is 0.731. The van der Waals surface area contributed by atoms with E-state index >= 15 is 0 Å². The van der Waals surface area contributed by atoms with Crippen molar-refractivity contribution in [2.24, 2.45) is 0 Å². The van der Waals surface area contributed by atoms with Gasteiger partial charge in [-0.05, 0) is 41.5 Å². The zero-order chi connectivity index (χ0) is 17.3. The van der Waals surface area contributed by atoms with Crippen molar-refractivity contribution in [2.75, 3.05) is 6.61 Å². The highest BCUT2D eigenvalue weighted by molar-refractivity contribution is 7.17. The molecule has 0 saturated heterocycles. The third-order valence-electron chi connectivity index (χ3n) is 3.70. The van der Waals surface area contributed by atoms with E-state index in [2.05, 4.69) is 0 Å². The molecule has 6 heteroatoms. The number of aromatic carboxylic acids is 1. The zero-order valence-electron chi connectivity index (χ0n) is 12.8. The maximum absolute atomic E-state index is 11.1. The number of aliphatic carboxylic acids is 1. The Bertz CT molecular complexity index is 942. The van der Waals surface area contributed by atoms with Crippen LogP contribution in [0.4, 0.5) is 0 Å². The van der Waals surface area contributed by atoms with Crippen LogP contribution in [0.1, 0.15) is 15.2 Å². The van der Waals surface area contributed by atoms with Crippen molar-refractivity contribution in [2.45, 2.75) is 6.92 Å². The molecule has 3 aromatic rings. The maximum atomic E-state index is 11.1. The minimum atomic E-state index is -1.05. The highest BCUT2D eigenvalue weighted by Crippen LogP contribution is 2.39. The van der Waals surface area contributed by atoms with Crippen molar-refractivity contribution in [3.05, 3.63) is 52.9 Å². The zero-order valence-corrected chi connectivity index (χ0v) is 13.6. The van der Waals surface area contributed by atoms with Gasteiger partial charge in [-0.2, -0.15) is 0 Å². The normalized spacial score (nSPS) is 10.7. The number of carboxylic acid groups (broad SMARTS) is 2. The van der Waals surface area contributed by atoms with E-state index in [4.69, 9.17) is 14.9 Å². The number of hydrogen-bond donors (Lipinski definition) is 2. The molecule has 122 valence electrons. The number of carbonyl (C=O) groups is 2. The molecule has 5 nitrogen and oxygen atoms in total. The summed E-state index contributed by atoms with van der Waals surface area (Å²) in [4.78, 5) is 23.0. The first kappa shape index (κ1) is 16.0. The molecule has 0 amide bonds. The van der Waals surface area contributed by atoms with Gasteiger partial charge in [-0.3, -0.25) is 0 Å². The minimum Gasteiger partial charge on any atom is -0.482 e. The van der Waals surface area contributed by atoms with Crippen LogP contribution in [0.25, 0.3) is 21.2 Å². The molecule has 2 aromatic carbocycles. The van der Waals surface area contributed by atoms with Gasteiger partial charge in [0.25, 0.3) is 0 Å². The van der Waals surface area contributed by atoms with Gasteiger partial charge < -0.3 is 14.9 Å². The average Bonchev–Trinajstić information content (AvgIpc) is 3.04. The first-order chi connectivity index (χ1) is 11.5. The van der Waals surface area contributed by atoms with Crippen molar-refractivity contribution in [1.29, 1.82) is 0 Å². The third kappa shape index (κ3) is 2.96. The second kappa shape index (κ2) is 6.33. The number of benzene rings is 2. The van der Waals surface area contributed by atoms with Crippen molar-refractivity contribution in [1.82, 2.24) is 0 Å². The van der Waals surface area contributed by atoms with Gasteiger partial charge in [0.2, 0.25) is 0 Å². The van der Waals surface area contributed by atoms with Crippen LogP contribution in [0.15, 0.2) is 42.5 Å². The molecule has 1 aromatic heterocycles. The molecule has 2 N–H and O–H groups in total. The van der Waals surface area contributed by atoms with Gasteiger partial charge in [-0.1, -0.05) is 24.3 Å². The van der Waals surface area contributed by atoms with Crippen LogP contribution in [-0.2, 0) is 4.79 Å². The summed E-state index contributed by atoms with van der Waals surface area (Å²) < 4.78 is 5.41. The predicted octanol–water partition coefficient (Wildman–Crippen LogP) is 4.04. The topological polar surface area (TPSA) is 83.8 Å². The molecule has 24 heavy (non-hydrogen) atoms. The average molecular weight is 342 g/mol. The van der Waals surface area contributed by atoms with Gasteiger partial charge in [-0.25, -0.2) is 9.59 Å². The summed E-state index contributed by atoms with van der Waals surface area (Å²) in [6, 6.07) is 12.8. The van der Waals surface area contributed by atoms with Gasteiger partial charge >= 0.3 is 11.9 Å². The fourth-order valence-electron chi connectivity index (χ4n) is 2.59. The second-order valence-electron chi connectivity index (χ2n) is 5.24. The summed E-state index contributed by atoms with van der Waals surface area (Å²) in [5.74, 6) is -1.53. The number of carboxylic acids is 2. The van der Waals surface area contributed by atoms with E-state index < -0.39 is 18.5 Å². The van der Waals surface area contributed by atoms with Gasteiger partial charge in [-0.15, -0.1) is 11.3 Å². The highest BCUT2D eigenvalue weighted by Gasteiger charge is 2.15. The lowest BCUT2D eigenvalue weighted by atomic mass is 9.98. The molecular formula is C18H14O5S. The van der Waals surface area contributed by atoms with Crippen molar-refractivity contribution >= 4 is 34.0 Å². The first-order valence-corrected chi connectivity index (χ1v) is 7.99. The van der Waals surface area contributed by atoms with Crippen LogP contribution >= 0.6 is 11.3 Å². The standard InChI is InChI=1S/C18H14O5S/c1-10-11-4-2-3-5-12(11)13(8-14(10)23-9-17(19)20)15-6-7-16(24-15)18(21)22/h2-8H,9H2,1H3,(H,19,20)(H,21,22). The van der Waals surface area contributed by atoms with Crippen LogP contribution < -0.4 is 4.74 Å². The third-order valence-corrected chi connectivity index (χ3v) is 4.81. The summed E-state index contributed by atoms with van der Waals surface area (Å²) in [7, 11) is 0. The second-order valence-corrected chi connectivity index (χ2v) is 6.33. The monoisotopic (exact) mass is 342 g/mol. The van der Waals surface area contributed by atoms with E-state index in [9.17, 15) is 9.59 Å². The van der Waals surface area contributed by atoms with E-state index in [0.717, 1.165) is 26.8 Å². The molecule has 0 fully saturated rings. The van der Waals surface area contributed by atoms with Crippen LogP contribution in [0.3, 0.4) is 0 Å². The van der Waals surface area contributed by atoms with E-state index in [1.807, 2.05) is 31.2 Å². The number of rotatable bonds is 5. The summed E-state index contributed by atoms with van der Waals surface area (Å²) >= 11 is 1.18. The van der Waals surface area contributed by atoms with Crippen molar-refractivity contribution in [3.8, 4) is 16.2 Å². The van der Waals surface area contributed by atoms with Crippen molar-refractivity contribution in [3.63, 3.8) is 0 Å². The highest BCUT2D eigenvalue weighted by atomic mass is 32.1. The molecule has 0 radical (unpaired) electrons. The lowest BCUT2D eigenvalue weighted by Crippen LogP contribution is -2.10. The minimum absolute atomic E-state index is 0.252. The molecule has 0 unspecified atom stereocenters. The molecule has 0 spiro atoms. The fourth-order valence-corrected chi connectivity index (χ4v) is 3.46. The van der Waals surface area contributed by atoms with E-state index in [0.29, 0.717) is 5.75 Å². The number of ether oxygens (including phenoxy) is 1. The van der Waals surface area contributed by atoms with E-state index in [1.165, 1.54) is 11.3 Å². The van der Waals surface area contributed by atoms with Gasteiger partial charge in [0.1, 0.15) is 10.6 Å². The lowest BCUT2D eigenvalue weighted by Gasteiger charge is -2.13. The largest absolute Gasteiger partial charge is 0.482 e. The summed E-state index contributed by atoms with van der Waals surface area (Å²) in [5.41, 5.74) is 1.68. The van der Waals surface area contributed by atoms with Crippen LogP contribution in [0.5, 0.6) is 5.75 Å². The van der Waals surface area contributed by atoms with Crippen LogP contribution in [0.2, 0.25) is 0 Å². The van der Waals surface area contributed by atoms with Gasteiger partial charge in [0, 0.05) is 10.4 Å². The Kier molecular flexibility index (Phi) is 4.22. The molecule has 0 bridgehead atoms. The maximum Gasteiger partial charge on any atom is 0.345 e. The molecule has 0 saturated carbocycles. The van der Waals surface area contributed by atoms with Crippen molar-refractivity contribution < 1.29 is 24.5 Å². The summed E-state index contributed by atoms with van der Waals surface area (Å²) in [6.45, 7) is 1.45. The Morgan fingerprint density at radius 3 is 2.42 bits per heavy atom. The number of thiophene rings is 1. The van der Waals surface area contributed by atoms with Crippen LogP contribution in [0, 0.1) is 6.92 Å². The molecule has 0 aliphatic rings. The van der Waals surface area contributed by atoms with E-state index in [-0.39, 0.29) is 4.88 Å². The summed E-state index contributed by atoms with van der Waals surface area (Å²) in [5, 5.41) is 19.9. The van der Waals surface area contributed by atoms with Gasteiger partial charge in [0.15, 0.2) is 6.61 Å². The molecular weight excluding hydrogens is 328 g/mol. The SMILES string of the molecule is Cc1c(OCC(=O)O)cc(-c2ccc(C(=O)O)s2)c2ccccc12. The molecule has 0 aliphatic heterocycles.